The van der Waals surface area contributed by atoms with Gasteiger partial charge in [0, 0.05) is 38.0 Å². The molecule has 1 aliphatic heterocycles. The second-order valence-corrected chi connectivity index (χ2v) is 20.5. The quantitative estimate of drug-likeness (QED) is 0.158. The van der Waals surface area contributed by atoms with Gasteiger partial charge in [-0.3, -0.25) is 14.4 Å². The topological polar surface area (TPSA) is 102 Å². The molecule has 5 aliphatic carbocycles. The smallest absolute Gasteiger partial charge is 0.410 e. The van der Waals surface area contributed by atoms with Gasteiger partial charge in [-0.05, 0) is 124 Å². The number of nitrogens with zero attached hydrogens (tertiary/aromatic N) is 2. The summed E-state index contributed by atoms with van der Waals surface area (Å²) >= 11 is 0. The summed E-state index contributed by atoms with van der Waals surface area (Å²) in [6.07, 6.45) is 11.3. The molecule has 1 saturated heterocycles. The van der Waals surface area contributed by atoms with E-state index in [4.69, 9.17) is 14.2 Å². The van der Waals surface area contributed by atoms with Crippen LogP contribution in [0.3, 0.4) is 0 Å². The lowest BCUT2D eigenvalue weighted by Gasteiger charge is -2.71. The van der Waals surface area contributed by atoms with Crippen LogP contribution in [0.4, 0.5) is 4.79 Å². The van der Waals surface area contributed by atoms with Gasteiger partial charge >= 0.3 is 18.0 Å². The van der Waals surface area contributed by atoms with E-state index in [1.54, 1.807) is 22.5 Å². The Labute approximate surface area is 319 Å². The lowest BCUT2D eigenvalue weighted by molar-refractivity contribution is -0.215. The predicted octanol–water partition coefficient (Wildman–Crippen LogP) is 8.59. The maximum atomic E-state index is 13.6. The number of fused-ring (bicyclic) bond motifs is 7. The summed E-state index contributed by atoms with van der Waals surface area (Å²) in [6, 6.07) is 0. The third-order valence-electron chi connectivity index (χ3n) is 16.6. The molecule has 0 spiro atoms. The first-order valence-corrected chi connectivity index (χ1v) is 20.9. The first-order chi connectivity index (χ1) is 24.6. The number of hydrogen-bond acceptors (Lipinski definition) is 7. The van der Waals surface area contributed by atoms with Crippen LogP contribution in [0.5, 0.6) is 0 Å². The molecular weight excluding hydrogens is 668 g/mol. The number of esters is 2. The summed E-state index contributed by atoms with van der Waals surface area (Å²) < 4.78 is 17.3. The van der Waals surface area contributed by atoms with Gasteiger partial charge in [0.1, 0.15) is 11.7 Å². The van der Waals surface area contributed by atoms with Crippen LogP contribution >= 0.6 is 0 Å². The Kier molecular flexibility index (Phi) is 10.5. The average Bonchev–Trinajstić information content (AvgIpc) is 3.09. The molecule has 5 fully saturated rings. The van der Waals surface area contributed by atoms with E-state index < -0.39 is 11.0 Å². The van der Waals surface area contributed by atoms with Gasteiger partial charge in [-0.2, -0.15) is 0 Å². The zero-order chi connectivity index (χ0) is 38.9. The third kappa shape index (κ3) is 6.53. The fourth-order valence-electron chi connectivity index (χ4n) is 13.3. The maximum Gasteiger partial charge on any atom is 0.410 e. The van der Waals surface area contributed by atoms with Gasteiger partial charge in [-0.1, -0.05) is 60.1 Å². The van der Waals surface area contributed by atoms with Crippen molar-refractivity contribution < 1.29 is 33.4 Å². The molecule has 0 N–H and O–H groups in total. The largest absolute Gasteiger partial charge is 0.469 e. The lowest BCUT2D eigenvalue weighted by atomic mass is 9.33. The van der Waals surface area contributed by atoms with Crippen molar-refractivity contribution in [3.8, 4) is 0 Å². The summed E-state index contributed by atoms with van der Waals surface area (Å²) in [5.74, 6) is 1.81. The summed E-state index contributed by atoms with van der Waals surface area (Å²) in [5.41, 5.74) is 0.633. The molecule has 2 amide bonds. The first kappa shape index (κ1) is 40.1. The number of carbonyl (C=O) groups excluding carboxylic acids is 4. The SMILES string of the molecule is COC(=O)[C@]12CC[C@@H](C)[C@H](C)[C@H]1C1=CC[C@@H]3[C@@]4(C)CC[C@H](OC(=O)CCC(=O)N5CCN(C(=O)OC(C)(C)C)CC5)C(C)(C)[C@@H]4CC[C@@]3(C)[C@]1(C)CC2. The number of carbonyl (C=O) groups is 4. The summed E-state index contributed by atoms with van der Waals surface area (Å²) in [4.78, 5) is 55.9. The fourth-order valence-corrected chi connectivity index (χ4v) is 13.3. The van der Waals surface area contributed by atoms with Crippen molar-refractivity contribution in [3.05, 3.63) is 11.6 Å². The normalized spacial score (nSPS) is 40.7. The first-order valence-electron chi connectivity index (χ1n) is 20.9. The van der Waals surface area contributed by atoms with E-state index >= 15 is 0 Å². The van der Waals surface area contributed by atoms with E-state index in [2.05, 4.69) is 54.5 Å². The van der Waals surface area contributed by atoms with E-state index in [9.17, 15) is 19.2 Å². The molecule has 298 valence electrons. The van der Waals surface area contributed by atoms with Crippen molar-refractivity contribution in [2.24, 2.45) is 56.7 Å². The molecule has 53 heavy (non-hydrogen) atoms. The van der Waals surface area contributed by atoms with Crippen LogP contribution in [0.25, 0.3) is 0 Å². The van der Waals surface area contributed by atoms with Crippen LogP contribution in [-0.2, 0) is 28.6 Å². The molecule has 0 bridgehead atoms. The molecule has 0 aromatic heterocycles. The predicted molar refractivity (Wildman–Crippen MR) is 204 cm³/mol. The van der Waals surface area contributed by atoms with Crippen molar-refractivity contribution in [2.45, 2.75) is 152 Å². The van der Waals surface area contributed by atoms with Crippen molar-refractivity contribution in [3.63, 3.8) is 0 Å². The highest BCUT2D eigenvalue weighted by molar-refractivity contribution is 5.82. The minimum Gasteiger partial charge on any atom is -0.469 e. The number of allylic oxidation sites excluding steroid dienone is 2. The summed E-state index contributed by atoms with van der Waals surface area (Å²) in [5, 5.41) is 0. The molecule has 0 aromatic carbocycles. The van der Waals surface area contributed by atoms with Gasteiger partial charge in [0.15, 0.2) is 0 Å². The Morgan fingerprint density at radius 3 is 2.11 bits per heavy atom. The third-order valence-corrected chi connectivity index (χ3v) is 16.6. The Morgan fingerprint density at radius 2 is 1.47 bits per heavy atom. The molecule has 9 nitrogen and oxygen atoms in total. The van der Waals surface area contributed by atoms with Crippen LogP contribution in [0, 0.1) is 56.7 Å². The number of piperazine rings is 1. The lowest BCUT2D eigenvalue weighted by Crippen LogP contribution is -2.65. The van der Waals surface area contributed by atoms with E-state index in [1.165, 1.54) is 0 Å². The Hall–Kier alpha value is -2.58. The van der Waals surface area contributed by atoms with Crippen LogP contribution in [0.2, 0.25) is 0 Å². The molecule has 6 aliphatic rings. The van der Waals surface area contributed by atoms with Crippen molar-refractivity contribution in [1.82, 2.24) is 9.80 Å². The number of amides is 2. The van der Waals surface area contributed by atoms with E-state index in [1.807, 2.05) is 20.8 Å². The van der Waals surface area contributed by atoms with E-state index in [0.717, 1.165) is 57.8 Å². The summed E-state index contributed by atoms with van der Waals surface area (Å²) in [6.45, 7) is 24.3. The summed E-state index contributed by atoms with van der Waals surface area (Å²) in [7, 11) is 1.58. The molecule has 0 unspecified atom stereocenters. The van der Waals surface area contributed by atoms with Crippen molar-refractivity contribution >= 4 is 23.9 Å². The monoisotopic (exact) mass is 739 g/mol. The Balaban J connectivity index is 1.11. The second kappa shape index (κ2) is 13.9. The number of hydrogen-bond donors (Lipinski definition) is 0. The van der Waals surface area contributed by atoms with Crippen LogP contribution in [0.1, 0.15) is 140 Å². The van der Waals surface area contributed by atoms with E-state index in [-0.39, 0.29) is 70.5 Å². The van der Waals surface area contributed by atoms with Gasteiger partial charge in [0.25, 0.3) is 0 Å². The Morgan fingerprint density at radius 1 is 0.811 bits per heavy atom. The fraction of sp³-hybridized carbons (Fsp3) is 0.864. The molecule has 10 atom stereocenters. The second-order valence-electron chi connectivity index (χ2n) is 20.5. The molecule has 1 heterocycles. The van der Waals surface area contributed by atoms with Crippen molar-refractivity contribution in [2.75, 3.05) is 33.3 Å². The van der Waals surface area contributed by atoms with Crippen LogP contribution in [-0.4, -0.2) is 78.7 Å². The standard InChI is InChI=1S/C44H70N2O7/c1-28-16-21-44(37(49)51-11)23-22-42(9)30(36(44)29(28)2)12-13-32-41(8)19-18-33(40(6,7)31(41)17-20-43(32,42)10)52-35(48)15-14-34(47)45-24-26-46(27-25-45)38(50)53-39(3,4)5/h12,28-29,31-33,36H,13-27H2,1-11H3/t28-,29+,31+,32-,33+,36+,41+,42-,43-,44+/m1/s1. The Bertz CT molecular complexity index is 1490. The highest BCUT2D eigenvalue weighted by Crippen LogP contribution is 2.76. The molecule has 0 aromatic rings. The average molecular weight is 739 g/mol. The van der Waals surface area contributed by atoms with Gasteiger partial charge < -0.3 is 24.0 Å². The van der Waals surface area contributed by atoms with Crippen LogP contribution < -0.4 is 0 Å². The minimum absolute atomic E-state index is 0.00395. The zero-order valence-electron chi connectivity index (χ0n) is 34.9. The van der Waals surface area contributed by atoms with Gasteiger partial charge in [0.05, 0.1) is 18.9 Å². The molecule has 4 saturated carbocycles. The highest BCUT2D eigenvalue weighted by atomic mass is 16.6. The molecular formula is C44H70N2O7. The van der Waals surface area contributed by atoms with Gasteiger partial charge in [0.2, 0.25) is 5.91 Å². The molecule has 6 rings (SSSR count). The van der Waals surface area contributed by atoms with Gasteiger partial charge in [-0.25, -0.2) is 4.79 Å². The molecule has 9 heteroatoms. The highest BCUT2D eigenvalue weighted by Gasteiger charge is 2.70. The van der Waals surface area contributed by atoms with Crippen molar-refractivity contribution in [1.29, 1.82) is 0 Å². The zero-order valence-corrected chi connectivity index (χ0v) is 34.9. The number of ether oxygens (including phenoxy) is 3. The number of rotatable bonds is 5. The van der Waals surface area contributed by atoms with Gasteiger partial charge in [-0.15, -0.1) is 0 Å². The molecule has 0 radical (unpaired) electrons. The van der Waals surface area contributed by atoms with E-state index in [0.29, 0.717) is 49.9 Å². The maximum absolute atomic E-state index is 13.6. The number of methoxy groups -OCH3 is 1. The van der Waals surface area contributed by atoms with Crippen LogP contribution in [0.15, 0.2) is 11.6 Å². The minimum atomic E-state index is -0.563.